The summed E-state index contributed by atoms with van der Waals surface area (Å²) in [4.78, 5) is 42.1. The van der Waals surface area contributed by atoms with E-state index < -0.39 is 16.9 Å². The summed E-state index contributed by atoms with van der Waals surface area (Å²) in [6, 6.07) is 10.5. The van der Waals surface area contributed by atoms with Crippen LogP contribution in [0.3, 0.4) is 0 Å². The van der Waals surface area contributed by atoms with Crippen LogP contribution in [0.4, 0.5) is 17.2 Å². The lowest BCUT2D eigenvalue weighted by atomic mass is 10.0. The molecule has 3 rings (SSSR count). The first-order valence-electron chi connectivity index (χ1n) is 11.4. The number of aliphatic hydroxyl groups is 1. The molecular weight excluding hydrogens is 450 g/mol. The number of aliphatic hydroxyl groups excluding tert-OH is 1. The monoisotopic (exact) mass is 479 g/mol. The van der Waals surface area contributed by atoms with Crippen LogP contribution in [0.25, 0.3) is 10.8 Å². The molecule has 10 nitrogen and oxygen atoms in total. The minimum Gasteiger partial charge on any atom is -0.392 e. The summed E-state index contributed by atoms with van der Waals surface area (Å²) in [6.45, 7) is 6.27. The van der Waals surface area contributed by atoms with Crippen molar-refractivity contribution in [3.63, 3.8) is 0 Å². The summed E-state index contributed by atoms with van der Waals surface area (Å²) in [7, 11) is 0. The zero-order valence-electron chi connectivity index (χ0n) is 19.7. The van der Waals surface area contributed by atoms with Crippen molar-refractivity contribution in [3.8, 4) is 0 Å². The number of nitrogens with zero attached hydrogens (tertiary/aromatic N) is 3. The lowest BCUT2D eigenvalue weighted by molar-refractivity contribution is -0.384. The SMILES string of the molecule is CCN(CC)CC(O)CCC(=O)c1ccc(NC(=O)c2c(N)ncc3cc([N+](=O)[O-])ccc23)cc1. The van der Waals surface area contributed by atoms with E-state index >= 15 is 0 Å². The van der Waals surface area contributed by atoms with Crippen molar-refractivity contribution in [2.45, 2.75) is 32.8 Å². The van der Waals surface area contributed by atoms with Crippen LogP contribution in [0.15, 0.2) is 48.7 Å². The number of amides is 1. The first-order valence-corrected chi connectivity index (χ1v) is 11.4. The van der Waals surface area contributed by atoms with E-state index in [1.54, 1.807) is 24.3 Å². The van der Waals surface area contributed by atoms with E-state index in [1.807, 2.05) is 13.8 Å². The van der Waals surface area contributed by atoms with E-state index in [2.05, 4.69) is 15.2 Å². The van der Waals surface area contributed by atoms with Crippen molar-refractivity contribution in [2.75, 3.05) is 30.7 Å². The Hall–Kier alpha value is -3.89. The number of hydrogen-bond donors (Lipinski definition) is 3. The van der Waals surface area contributed by atoms with Crippen LogP contribution < -0.4 is 11.1 Å². The molecule has 0 fully saturated rings. The Morgan fingerprint density at radius 1 is 1.17 bits per heavy atom. The number of ketones is 1. The lowest BCUT2D eigenvalue weighted by Crippen LogP contribution is -2.32. The topological polar surface area (TPSA) is 152 Å². The number of rotatable bonds is 11. The summed E-state index contributed by atoms with van der Waals surface area (Å²) in [5.74, 6) is -0.613. The summed E-state index contributed by atoms with van der Waals surface area (Å²) in [5, 5.41) is 24.8. The van der Waals surface area contributed by atoms with Gasteiger partial charge in [0, 0.05) is 53.3 Å². The Morgan fingerprint density at radius 2 is 1.86 bits per heavy atom. The second-order valence-corrected chi connectivity index (χ2v) is 8.18. The lowest BCUT2D eigenvalue weighted by Gasteiger charge is -2.21. The van der Waals surface area contributed by atoms with Crippen LogP contribution in [0.1, 0.15) is 47.4 Å². The maximum atomic E-state index is 12.9. The van der Waals surface area contributed by atoms with Crippen molar-refractivity contribution < 1.29 is 19.6 Å². The zero-order valence-corrected chi connectivity index (χ0v) is 19.7. The normalized spacial score (nSPS) is 12.0. The number of carbonyl (C=O) groups is 2. The molecule has 0 spiro atoms. The summed E-state index contributed by atoms with van der Waals surface area (Å²) in [5.41, 5.74) is 6.86. The van der Waals surface area contributed by atoms with Crippen molar-refractivity contribution in [1.29, 1.82) is 0 Å². The van der Waals surface area contributed by atoms with E-state index in [0.29, 0.717) is 35.0 Å². The largest absolute Gasteiger partial charge is 0.392 e. The van der Waals surface area contributed by atoms with Gasteiger partial charge in [0.2, 0.25) is 0 Å². The van der Waals surface area contributed by atoms with Gasteiger partial charge in [-0.3, -0.25) is 19.7 Å². The molecule has 184 valence electrons. The predicted molar refractivity (Wildman–Crippen MR) is 135 cm³/mol. The Balaban J connectivity index is 1.67. The van der Waals surface area contributed by atoms with Crippen molar-refractivity contribution in [2.24, 2.45) is 0 Å². The van der Waals surface area contributed by atoms with Crippen LogP contribution in [-0.4, -0.2) is 57.3 Å². The highest BCUT2D eigenvalue weighted by atomic mass is 16.6. The van der Waals surface area contributed by atoms with Crippen molar-refractivity contribution in [3.05, 3.63) is 69.9 Å². The van der Waals surface area contributed by atoms with Gasteiger partial charge in [-0.2, -0.15) is 0 Å². The van der Waals surface area contributed by atoms with Gasteiger partial charge in [0.25, 0.3) is 11.6 Å². The molecular formula is C25H29N5O5. The van der Waals surface area contributed by atoms with Crippen LogP contribution in [0.5, 0.6) is 0 Å². The number of nitrogens with one attached hydrogen (secondary N) is 1. The molecule has 1 amide bonds. The smallest absolute Gasteiger partial charge is 0.270 e. The highest BCUT2D eigenvalue weighted by Crippen LogP contribution is 2.27. The van der Waals surface area contributed by atoms with Gasteiger partial charge in [-0.1, -0.05) is 13.8 Å². The molecule has 1 aromatic heterocycles. The maximum absolute atomic E-state index is 12.9. The van der Waals surface area contributed by atoms with Gasteiger partial charge in [-0.05, 0) is 49.8 Å². The average Bonchev–Trinajstić information content (AvgIpc) is 2.85. The summed E-state index contributed by atoms with van der Waals surface area (Å²) in [6.07, 6.45) is 1.41. The number of nitro benzene ring substituents is 1. The fourth-order valence-electron chi connectivity index (χ4n) is 3.82. The molecule has 0 saturated heterocycles. The number of Topliss-reactive ketones (excluding diaryl/α,β-unsaturated/α-hetero) is 1. The summed E-state index contributed by atoms with van der Waals surface area (Å²) >= 11 is 0. The van der Waals surface area contributed by atoms with E-state index in [4.69, 9.17) is 5.73 Å². The molecule has 0 saturated carbocycles. The number of benzene rings is 2. The molecule has 0 aliphatic heterocycles. The van der Waals surface area contributed by atoms with Gasteiger partial charge in [0.05, 0.1) is 16.6 Å². The Morgan fingerprint density at radius 3 is 2.49 bits per heavy atom. The number of carbonyl (C=O) groups excluding carboxylic acids is 2. The number of fused-ring (bicyclic) bond motifs is 1. The van der Waals surface area contributed by atoms with Crippen LogP contribution in [0.2, 0.25) is 0 Å². The van der Waals surface area contributed by atoms with Crippen LogP contribution >= 0.6 is 0 Å². The molecule has 0 aliphatic carbocycles. The molecule has 0 radical (unpaired) electrons. The van der Waals surface area contributed by atoms with Gasteiger partial charge in [-0.15, -0.1) is 0 Å². The number of hydrogen-bond acceptors (Lipinski definition) is 8. The minimum absolute atomic E-state index is 0.001000. The van der Waals surface area contributed by atoms with E-state index in [0.717, 1.165) is 13.1 Å². The highest BCUT2D eigenvalue weighted by Gasteiger charge is 2.18. The molecule has 0 bridgehead atoms. The van der Waals surface area contributed by atoms with Gasteiger partial charge in [-0.25, -0.2) is 4.98 Å². The van der Waals surface area contributed by atoms with Gasteiger partial charge >= 0.3 is 0 Å². The number of nitrogen functional groups attached to an aromatic ring is 1. The standard InChI is InChI=1S/C25H29N5O5/c1-3-29(4-2)15-20(31)10-12-22(32)16-5-7-18(8-6-16)28-25(33)23-21-11-9-19(30(34)35)13-17(21)14-27-24(23)26/h5-9,11,13-14,20,31H,3-4,10,12,15H2,1-2H3,(H2,26,27)(H,28,33). The summed E-state index contributed by atoms with van der Waals surface area (Å²) < 4.78 is 0. The average molecular weight is 480 g/mol. The Bertz CT molecular complexity index is 1220. The predicted octanol–water partition coefficient (Wildman–Crippen LogP) is 3.64. The van der Waals surface area contributed by atoms with Gasteiger partial charge < -0.3 is 21.1 Å². The second-order valence-electron chi connectivity index (χ2n) is 8.18. The highest BCUT2D eigenvalue weighted by molar-refractivity contribution is 6.16. The second kappa shape index (κ2) is 11.5. The number of likely N-dealkylation sites (N-methyl/N-ethyl adjacent to an activating group) is 1. The third-order valence-electron chi connectivity index (χ3n) is 5.87. The first kappa shape index (κ1) is 25.7. The maximum Gasteiger partial charge on any atom is 0.270 e. The zero-order chi connectivity index (χ0) is 25.5. The fourth-order valence-corrected chi connectivity index (χ4v) is 3.82. The van der Waals surface area contributed by atoms with E-state index in [9.17, 15) is 24.8 Å². The van der Waals surface area contributed by atoms with E-state index in [-0.39, 0.29) is 29.3 Å². The fraction of sp³-hybridized carbons (Fsp3) is 0.320. The van der Waals surface area contributed by atoms with Gasteiger partial charge in [0.15, 0.2) is 5.78 Å². The van der Waals surface area contributed by atoms with Gasteiger partial charge in [0.1, 0.15) is 5.82 Å². The van der Waals surface area contributed by atoms with Crippen molar-refractivity contribution in [1.82, 2.24) is 9.88 Å². The third-order valence-corrected chi connectivity index (χ3v) is 5.87. The number of aromatic nitrogens is 1. The Labute approximate surface area is 202 Å². The minimum atomic E-state index is -0.571. The molecule has 10 heteroatoms. The number of anilines is 2. The quantitative estimate of drug-likeness (QED) is 0.214. The first-order chi connectivity index (χ1) is 16.7. The van der Waals surface area contributed by atoms with Crippen LogP contribution in [0, 0.1) is 10.1 Å². The van der Waals surface area contributed by atoms with E-state index in [1.165, 1.54) is 24.4 Å². The molecule has 3 aromatic rings. The molecule has 35 heavy (non-hydrogen) atoms. The van der Waals surface area contributed by atoms with Crippen LogP contribution in [-0.2, 0) is 0 Å². The number of pyridine rings is 1. The molecule has 1 atom stereocenters. The molecule has 1 heterocycles. The Kier molecular flexibility index (Phi) is 8.45. The molecule has 4 N–H and O–H groups in total. The molecule has 0 aliphatic rings. The third kappa shape index (κ3) is 6.37. The molecule has 1 unspecified atom stereocenters. The number of nitro groups is 1. The number of non-ortho nitro benzene ring substituents is 1. The van der Waals surface area contributed by atoms with Crippen molar-refractivity contribution >= 4 is 39.7 Å². The number of nitrogens with two attached hydrogens (primary N) is 1. The molecule has 2 aromatic carbocycles.